The number of carbonyl (C=O) groups is 2. The number of nitrogens with one attached hydrogen (secondary N) is 2. The van der Waals surface area contributed by atoms with Crippen LogP contribution in [0.15, 0.2) is 24.3 Å². The molecule has 5 N–H and O–H groups in total. The van der Waals surface area contributed by atoms with E-state index in [9.17, 15) is 19.8 Å². The van der Waals surface area contributed by atoms with Crippen LogP contribution >= 0.6 is 0 Å². The number of rotatable bonds is 7. The Hall–Kier alpha value is -3.06. The Balaban J connectivity index is 2.17. The second-order valence-corrected chi connectivity index (χ2v) is 6.35. The molecule has 1 aliphatic carbocycles. The van der Waals surface area contributed by atoms with Crippen LogP contribution in [0, 0.1) is 0 Å². The van der Waals surface area contributed by atoms with E-state index in [0.717, 1.165) is 6.42 Å². The standard InChI is InChI=1S/C20H22N2O5/c1-2-8-21-11-4-6-13(24)17-15(11)19(26)18-14(25)7-5-12(16(18)20(17)27)22-9-3-10-23/h4-7,21-25H,2-3,8-10H2,1H3. The van der Waals surface area contributed by atoms with Crippen LogP contribution in [0.5, 0.6) is 11.5 Å². The molecule has 0 heterocycles. The summed E-state index contributed by atoms with van der Waals surface area (Å²) in [6, 6.07) is 5.81. The second-order valence-electron chi connectivity index (χ2n) is 6.35. The number of benzene rings is 2. The van der Waals surface area contributed by atoms with Gasteiger partial charge in [0.2, 0.25) is 11.6 Å². The van der Waals surface area contributed by atoms with Gasteiger partial charge in [0.05, 0.1) is 22.3 Å². The molecule has 0 spiro atoms. The Morgan fingerprint density at radius 3 is 1.70 bits per heavy atom. The zero-order valence-corrected chi connectivity index (χ0v) is 15.0. The molecule has 0 fully saturated rings. The third kappa shape index (κ3) is 3.21. The number of hydrogen-bond donors (Lipinski definition) is 5. The Bertz CT molecular complexity index is 908. The molecule has 0 saturated heterocycles. The molecule has 0 aromatic heterocycles. The summed E-state index contributed by atoms with van der Waals surface area (Å²) in [5, 5.41) is 35.6. The molecule has 1 aliphatic rings. The topological polar surface area (TPSA) is 119 Å². The highest BCUT2D eigenvalue weighted by atomic mass is 16.3. The number of aliphatic hydroxyl groups is 1. The van der Waals surface area contributed by atoms with E-state index in [1.807, 2.05) is 6.92 Å². The van der Waals surface area contributed by atoms with Crippen molar-refractivity contribution in [2.24, 2.45) is 0 Å². The molecule has 2 aromatic rings. The number of aliphatic hydroxyl groups excluding tert-OH is 1. The van der Waals surface area contributed by atoms with Crippen molar-refractivity contribution in [3.8, 4) is 11.5 Å². The molecular weight excluding hydrogens is 348 g/mol. The van der Waals surface area contributed by atoms with Gasteiger partial charge >= 0.3 is 0 Å². The van der Waals surface area contributed by atoms with Gasteiger partial charge in [-0.2, -0.15) is 0 Å². The van der Waals surface area contributed by atoms with Crippen molar-refractivity contribution in [1.82, 2.24) is 0 Å². The van der Waals surface area contributed by atoms with Gasteiger partial charge in [-0.15, -0.1) is 0 Å². The van der Waals surface area contributed by atoms with Crippen LogP contribution in [-0.2, 0) is 0 Å². The molecule has 0 aliphatic heterocycles. The highest BCUT2D eigenvalue weighted by Crippen LogP contribution is 2.42. The van der Waals surface area contributed by atoms with E-state index in [-0.39, 0.29) is 40.4 Å². The van der Waals surface area contributed by atoms with Crippen LogP contribution in [0.25, 0.3) is 0 Å². The molecule has 0 unspecified atom stereocenters. The van der Waals surface area contributed by atoms with Crippen molar-refractivity contribution in [2.75, 3.05) is 30.3 Å². The predicted molar refractivity (Wildman–Crippen MR) is 102 cm³/mol. The van der Waals surface area contributed by atoms with E-state index < -0.39 is 11.6 Å². The van der Waals surface area contributed by atoms with Crippen molar-refractivity contribution in [2.45, 2.75) is 19.8 Å². The van der Waals surface area contributed by atoms with Gasteiger partial charge in [-0.3, -0.25) is 9.59 Å². The fourth-order valence-corrected chi connectivity index (χ4v) is 3.22. The molecule has 3 rings (SSSR count). The minimum absolute atomic E-state index is 0.0176. The molecule has 0 atom stereocenters. The Kier molecular flexibility index (Phi) is 5.32. The van der Waals surface area contributed by atoms with E-state index >= 15 is 0 Å². The number of phenolic OH excluding ortho intramolecular Hbond substituents is 2. The summed E-state index contributed by atoms with van der Waals surface area (Å²) in [6.07, 6.45) is 1.28. The maximum absolute atomic E-state index is 13.2. The van der Waals surface area contributed by atoms with Crippen molar-refractivity contribution in [1.29, 1.82) is 0 Å². The summed E-state index contributed by atoms with van der Waals surface area (Å²) in [5.74, 6) is -1.61. The van der Waals surface area contributed by atoms with E-state index in [4.69, 9.17) is 5.11 Å². The number of fused-ring (bicyclic) bond motifs is 2. The van der Waals surface area contributed by atoms with Gasteiger partial charge in [0.15, 0.2) is 0 Å². The Morgan fingerprint density at radius 2 is 1.26 bits per heavy atom. The normalized spacial score (nSPS) is 12.5. The van der Waals surface area contributed by atoms with Crippen LogP contribution < -0.4 is 10.6 Å². The maximum atomic E-state index is 13.2. The summed E-state index contributed by atoms with van der Waals surface area (Å²) < 4.78 is 0. The first kappa shape index (κ1) is 18.7. The molecule has 0 radical (unpaired) electrons. The van der Waals surface area contributed by atoms with Gasteiger partial charge in [0, 0.05) is 31.1 Å². The second kappa shape index (κ2) is 7.67. The molecule has 7 heteroatoms. The zero-order valence-electron chi connectivity index (χ0n) is 15.0. The lowest BCUT2D eigenvalue weighted by Crippen LogP contribution is -2.24. The fourth-order valence-electron chi connectivity index (χ4n) is 3.22. The van der Waals surface area contributed by atoms with Crippen molar-refractivity contribution in [3.05, 3.63) is 46.5 Å². The minimum Gasteiger partial charge on any atom is -0.507 e. The van der Waals surface area contributed by atoms with E-state index in [0.29, 0.717) is 30.9 Å². The van der Waals surface area contributed by atoms with Gasteiger partial charge in [0.1, 0.15) is 11.5 Å². The first-order chi connectivity index (χ1) is 13.0. The van der Waals surface area contributed by atoms with Crippen LogP contribution in [0.2, 0.25) is 0 Å². The first-order valence-corrected chi connectivity index (χ1v) is 8.91. The van der Waals surface area contributed by atoms with E-state index in [1.54, 1.807) is 6.07 Å². The third-order valence-electron chi connectivity index (χ3n) is 4.49. The summed E-state index contributed by atoms with van der Waals surface area (Å²) in [7, 11) is 0. The smallest absolute Gasteiger partial charge is 0.200 e. The van der Waals surface area contributed by atoms with Crippen molar-refractivity contribution < 1.29 is 24.9 Å². The fraction of sp³-hybridized carbons (Fsp3) is 0.300. The lowest BCUT2D eigenvalue weighted by Gasteiger charge is -2.24. The number of aromatic hydroxyl groups is 2. The zero-order chi connectivity index (χ0) is 19.6. The molecule has 2 aromatic carbocycles. The number of anilines is 2. The lowest BCUT2D eigenvalue weighted by molar-refractivity contribution is 0.0975. The van der Waals surface area contributed by atoms with Gasteiger partial charge < -0.3 is 26.0 Å². The molecule has 7 nitrogen and oxygen atoms in total. The average molecular weight is 370 g/mol. The van der Waals surface area contributed by atoms with Crippen LogP contribution in [0.3, 0.4) is 0 Å². The summed E-state index contributed by atoms with van der Waals surface area (Å²) in [6.45, 7) is 2.95. The van der Waals surface area contributed by atoms with Crippen molar-refractivity contribution in [3.63, 3.8) is 0 Å². The van der Waals surface area contributed by atoms with Crippen LogP contribution in [0.1, 0.15) is 51.6 Å². The SMILES string of the molecule is CCCNc1ccc(O)c2c1C(=O)c1c(O)ccc(NCCCO)c1C2=O. The van der Waals surface area contributed by atoms with Crippen molar-refractivity contribution >= 4 is 22.9 Å². The summed E-state index contributed by atoms with van der Waals surface area (Å²) >= 11 is 0. The minimum atomic E-state index is -0.528. The molecule has 142 valence electrons. The number of ketones is 2. The molecule has 0 amide bonds. The molecular formula is C20H22N2O5. The maximum Gasteiger partial charge on any atom is 0.200 e. The average Bonchev–Trinajstić information content (AvgIpc) is 2.66. The quantitative estimate of drug-likeness (QED) is 0.320. The molecule has 27 heavy (non-hydrogen) atoms. The Labute approximate surface area is 156 Å². The molecule has 0 bridgehead atoms. The first-order valence-electron chi connectivity index (χ1n) is 8.91. The van der Waals surface area contributed by atoms with Crippen LogP contribution in [-0.4, -0.2) is 46.6 Å². The third-order valence-corrected chi connectivity index (χ3v) is 4.49. The predicted octanol–water partition coefficient (Wildman–Crippen LogP) is 2.49. The Morgan fingerprint density at radius 1 is 0.778 bits per heavy atom. The number of hydrogen-bond acceptors (Lipinski definition) is 7. The van der Waals surface area contributed by atoms with Gasteiger partial charge in [-0.05, 0) is 37.1 Å². The summed E-state index contributed by atoms with van der Waals surface area (Å²) in [4.78, 5) is 26.3. The number of carbonyl (C=O) groups excluding carboxylic acids is 2. The largest absolute Gasteiger partial charge is 0.507 e. The lowest BCUT2D eigenvalue weighted by atomic mass is 9.81. The molecule has 0 saturated carbocycles. The monoisotopic (exact) mass is 370 g/mol. The highest BCUT2D eigenvalue weighted by Gasteiger charge is 2.37. The van der Waals surface area contributed by atoms with Crippen LogP contribution in [0.4, 0.5) is 11.4 Å². The van der Waals surface area contributed by atoms with E-state index in [1.165, 1.54) is 18.2 Å². The number of phenols is 2. The summed E-state index contributed by atoms with van der Waals surface area (Å²) in [5.41, 5.74) is 0.798. The van der Waals surface area contributed by atoms with Gasteiger partial charge in [-0.25, -0.2) is 0 Å². The van der Waals surface area contributed by atoms with E-state index in [2.05, 4.69) is 10.6 Å². The van der Waals surface area contributed by atoms with Gasteiger partial charge in [0.25, 0.3) is 0 Å². The highest BCUT2D eigenvalue weighted by molar-refractivity contribution is 6.33. The van der Waals surface area contributed by atoms with Gasteiger partial charge in [-0.1, -0.05) is 6.92 Å².